The normalized spacial score (nSPS) is 12.2. The number of nitrogens with zero attached hydrogens (tertiary/aromatic N) is 1. The summed E-state index contributed by atoms with van der Waals surface area (Å²) < 4.78 is 58.4. The number of para-hydroxylation sites is 2. The zero-order valence-electron chi connectivity index (χ0n) is 35.3. The molecule has 0 N–H and O–H groups in total. The maximum Gasteiger partial charge on any atom is 0.264 e. The van der Waals surface area contributed by atoms with E-state index in [1.54, 1.807) is 18.2 Å². The topological polar surface area (TPSA) is 118 Å². The Morgan fingerprint density at radius 2 is 1.04 bits per heavy atom. The summed E-state index contributed by atoms with van der Waals surface area (Å²) in [5.41, 5.74) is 4.37. The SMILES string of the molecule is CC(C)(C)COS(C)(=O)=O.CC(C)(C)COS(C)(=O)=O.CCOCC(C)(C)C.O=C(c1ccc(-n2c3ccccc3c3ccccc32)cc1)c1cc(Cl)ccc1Cl. The van der Waals surface area contributed by atoms with E-state index in [-0.39, 0.29) is 29.8 Å². The molecule has 0 saturated carbocycles. The van der Waals surface area contributed by atoms with Gasteiger partial charge in [-0.05, 0) is 77.8 Å². The second-order valence-electron chi connectivity index (χ2n) is 17.1. The minimum Gasteiger partial charge on any atom is -0.381 e. The molecular weight excluding hydrogens is 806 g/mol. The summed E-state index contributed by atoms with van der Waals surface area (Å²) in [6, 6.07) is 29.2. The van der Waals surface area contributed by atoms with Gasteiger partial charge in [-0.25, -0.2) is 0 Å². The molecule has 0 aliphatic rings. The molecule has 57 heavy (non-hydrogen) atoms. The van der Waals surface area contributed by atoms with Gasteiger partial charge in [0.25, 0.3) is 20.2 Å². The molecule has 0 bridgehead atoms. The van der Waals surface area contributed by atoms with E-state index in [4.69, 9.17) is 27.9 Å². The van der Waals surface area contributed by atoms with Crippen LogP contribution in [0, 0.1) is 16.2 Å². The van der Waals surface area contributed by atoms with Gasteiger partial charge in [-0.3, -0.25) is 13.2 Å². The van der Waals surface area contributed by atoms with Crippen molar-refractivity contribution in [2.45, 2.75) is 69.2 Å². The number of halogens is 2. The van der Waals surface area contributed by atoms with Crippen molar-refractivity contribution in [1.82, 2.24) is 4.57 Å². The van der Waals surface area contributed by atoms with Gasteiger partial charge in [0.2, 0.25) is 0 Å². The van der Waals surface area contributed by atoms with Crippen LogP contribution in [0.3, 0.4) is 0 Å². The molecule has 0 saturated heterocycles. The summed E-state index contributed by atoms with van der Waals surface area (Å²) in [5.74, 6) is -0.147. The molecule has 0 radical (unpaired) electrons. The fourth-order valence-corrected chi connectivity index (χ4v) is 6.28. The molecule has 5 aromatic rings. The van der Waals surface area contributed by atoms with Crippen LogP contribution in [0.2, 0.25) is 10.0 Å². The Labute approximate surface area is 350 Å². The highest BCUT2D eigenvalue weighted by Gasteiger charge is 2.17. The molecule has 4 aromatic carbocycles. The number of carbonyl (C=O) groups is 1. The molecule has 0 amide bonds. The molecule has 0 atom stereocenters. The lowest BCUT2D eigenvalue weighted by Gasteiger charge is -2.16. The molecule has 1 aromatic heterocycles. The fourth-order valence-electron chi connectivity index (χ4n) is 4.77. The largest absolute Gasteiger partial charge is 0.381 e. The van der Waals surface area contributed by atoms with Crippen molar-refractivity contribution in [3.05, 3.63) is 112 Å². The molecule has 9 nitrogen and oxygen atoms in total. The molecule has 0 spiro atoms. The highest BCUT2D eigenvalue weighted by molar-refractivity contribution is 7.86. The molecule has 0 fully saturated rings. The van der Waals surface area contributed by atoms with Crippen molar-refractivity contribution in [3.8, 4) is 5.69 Å². The van der Waals surface area contributed by atoms with Crippen LogP contribution in [0.25, 0.3) is 27.5 Å². The van der Waals surface area contributed by atoms with Crippen molar-refractivity contribution in [3.63, 3.8) is 0 Å². The Bertz CT molecular complexity index is 2180. The Kier molecular flexibility index (Phi) is 18.5. The first kappa shape index (κ1) is 49.9. The summed E-state index contributed by atoms with van der Waals surface area (Å²) in [7, 11) is -6.51. The first-order valence-corrected chi connectivity index (χ1v) is 22.8. The van der Waals surface area contributed by atoms with Gasteiger partial charge in [0.05, 0.1) is 48.4 Å². The lowest BCUT2D eigenvalue weighted by Crippen LogP contribution is -2.17. The lowest BCUT2D eigenvalue weighted by atomic mass is 9.99. The van der Waals surface area contributed by atoms with Gasteiger partial charge in [-0.2, -0.15) is 16.8 Å². The van der Waals surface area contributed by atoms with E-state index in [0.717, 1.165) is 42.4 Å². The van der Waals surface area contributed by atoms with Gasteiger partial charge in [0.1, 0.15) is 0 Å². The smallest absolute Gasteiger partial charge is 0.264 e. The summed E-state index contributed by atoms with van der Waals surface area (Å²) in [5, 5.41) is 3.29. The fraction of sp³-hybridized carbons (Fsp3) is 0.432. The molecule has 314 valence electrons. The summed E-state index contributed by atoms with van der Waals surface area (Å²) >= 11 is 12.2. The highest BCUT2D eigenvalue weighted by Crippen LogP contribution is 2.32. The molecule has 1 heterocycles. The molecular formula is C44H59Cl2NO8S2. The minimum atomic E-state index is -3.26. The highest BCUT2D eigenvalue weighted by atomic mass is 35.5. The van der Waals surface area contributed by atoms with Gasteiger partial charge < -0.3 is 9.30 Å². The van der Waals surface area contributed by atoms with Crippen LogP contribution in [-0.4, -0.2) is 66.1 Å². The average Bonchev–Trinajstić information content (AvgIpc) is 3.44. The predicted octanol–water partition coefficient (Wildman–Crippen LogP) is 11.4. The number of aromatic nitrogens is 1. The standard InChI is InChI=1S/C25H15Cl2NO.C7H16O.2C6H14O3S/c26-17-11-14-22(27)21(15-17)25(29)16-9-12-18(13-10-16)28-23-7-3-1-5-19(23)20-6-2-4-8-24(20)28;1-5-8-6-7(2,3)4;2*1-6(2,3)5-9-10(4,7)8/h1-15H;5-6H2,1-4H3;2*5H2,1-4H3. The zero-order valence-corrected chi connectivity index (χ0v) is 38.4. The number of hydrogen-bond acceptors (Lipinski definition) is 8. The second kappa shape index (κ2) is 21.1. The van der Waals surface area contributed by atoms with E-state index in [1.807, 2.05) is 84.9 Å². The number of benzene rings is 4. The van der Waals surface area contributed by atoms with Gasteiger partial charge in [0, 0.05) is 39.2 Å². The first-order valence-electron chi connectivity index (χ1n) is 18.5. The maximum absolute atomic E-state index is 12.9. The third-order valence-electron chi connectivity index (χ3n) is 7.29. The average molecular weight is 865 g/mol. The number of fused-ring (bicyclic) bond motifs is 3. The minimum absolute atomic E-state index is 0.0942. The van der Waals surface area contributed by atoms with Crippen molar-refractivity contribution >= 4 is 71.0 Å². The van der Waals surface area contributed by atoms with Crippen molar-refractivity contribution in [2.75, 3.05) is 38.9 Å². The number of hydrogen-bond donors (Lipinski definition) is 0. The van der Waals surface area contributed by atoms with Crippen LogP contribution in [0.1, 0.15) is 85.2 Å². The lowest BCUT2D eigenvalue weighted by molar-refractivity contribution is 0.0805. The monoisotopic (exact) mass is 863 g/mol. The Morgan fingerprint density at radius 3 is 1.39 bits per heavy atom. The number of ketones is 1. The Morgan fingerprint density at radius 1 is 0.614 bits per heavy atom. The van der Waals surface area contributed by atoms with Crippen LogP contribution in [-0.2, 0) is 33.3 Å². The third kappa shape index (κ3) is 18.9. The molecule has 0 aliphatic heterocycles. The maximum atomic E-state index is 12.9. The molecule has 5 rings (SSSR count). The van der Waals surface area contributed by atoms with Gasteiger partial charge >= 0.3 is 0 Å². The Hall–Kier alpha value is -3.29. The van der Waals surface area contributed by atoms with Crippen LogP contribution in [0.15, 0.2) is 91.0 Å². The summed E-state index contributed by atoms with van der Waals surface area (Å²) in [6.45, 7) is 22.2. The third-order valence-corrected chi connectivity index (χ3v) is 8.95. The number of carbonyl (C=O) groups excluding carboxylic acids is 1. The van der Waals surface area contributed by atoms with Crippen LogP contribution < -0.4 is 0 Å². The predicted molar refractivity (Wildman–Crippen MR) is 237 cm³/mol. The Balaban J connectivity index is 0.000000330. The zero-order chi connectivity index (χ0) is 43.4. The molecule has 13 heteroatoms. The van der Waals surface area contributed by atoms with Gasteiger partial charge in [-0.1, -0.05) is 122 Å². The molecule has 0 aliphatic carbocycles. The number of rotatable bonds is 9. The van der Waals surface area contributed by atoms with Crippen molar-refractivity contribution in [2.24, 2.45) is 16.2 Å². The van der Waals surface area contributed by atoms with E-state index in [2.05, 4.69) is 70.1 Å². The van der Waals surface area contributed by atoms with E-state index in [1.165, 1.54) is 10.8 Å². The van der Waals surface area contributed by atoms with E-state index in [9.17, 15) is 21.6 Å². The van der Waals surface area contributed by atoms with Gasteiger partial charge in [0.15, 0.2) is 5.78 Å². The van der Waals surface area contributed by atoms with Crippen LogP contribution in [0.5, 0.6) is 0 Å². The van der Waals surface area contributed by atoms with Gasteiger partial charge in [-0.15, -0.1) is 0 Å². The van der Waals surface area contributed by atoms with E-state index >= 15 is 0 Å². The first-order chi connectivity index (χ1) is 26.1. The van der Waals surface area contributed by atoms with E-state index < -0.39 is 20.2 Å². The van der Waals surface area contributed by atoms with Crippen LogP contribution >= 0.6 is 23.2 Å². The van der Waals surface area contributed by atoms with Crippen molar-refractivity contribution < 1.29 is 34.7 Å². The summed E-state index contributed by atoms with van der Waals surface area (Å²) in [6.07, 6.45) is 2.11. The number of ether oxygens (including phenoxy) is 1. The van der Waals surface area contributed by atoms with Crippen molar-refractivity contribution in [1.29, 1.82) is 0 Å². The quantitative estimate of drug-likeness (QED) is 0.106. The van der Waals surface area contributed by atoms with Crippen LogP contribution in [0.4, 0.5) is 0 Å². The summed E-state index contributed by atoms with van der Waals surface area (Å²) in [4.78, 5) is 12.9. The van der Waals surface area contributed by atoms with E-state index in [0.29, 0.717) is 26.6 Å². The second-order valence-corrected chi connectivity index (χ2v) is 21.3. The molecule has 0 unspecified atom stereocenters.